The van der Waals surface area contributed by atoms with Crippen molar-refractivity contribution in [2.24, 2.45) is 0 Å². The Hall–Kier alpha value is -8.52. The van der Waals surface area contributed by atoms with Gasteiger partial charge in [0.15, 0.2) is 0 Å². The Balaban J connectivity index is 1.01. The number of anilines is 3. The van der Waals surface area contributed by atoms with Gasteiger partial charge in [-0.3, -0.25) is 0 Å². The number of rotatable bonds is 8. The summed E-state index contributed by atoms with van der Waals surface area (Å²) in [6.07, 6.45) is 0. The van der Waals surface area contributed by atoms with E-state index in [1.807, 2.05) is 0 Å². The van der Waals surface area contributed by atoms with E-state index < -0.39 is 5.41 Å². The Bertz CT molecular complexity index is 3620. The van der Waals surface area contributed by atoms with Crippen LogP contribution in [0, 0.1) is 0 Å². The topological polar surface area (TPSA) is 3.24 Å². The second kappa shape index (κ2) is 15.8. The fourth-order valence-corrected chi connectivity index (χ4v) is 11.9. The van der Waals surface area contributed by atoms with E-state index in [-0.39, 0.29) is 5.41 Å². The standard InChI is InChI=1S/C67H47N/c1-66(50-21-5-2-6-22-50)60-31-15-14-29-59(60)65-62(66)33-18-34-64(65)68(53-41-39-47(40-42-53)46-35-37-49(38-36-46)56-30-17-20-48-19-11-12-27-55(48)56)54-43-44-58-57-28-13-16-32-61(57)67(63(58)45-54,51-23-7-3-8-24-51)52-25-9-4-10-26-52/h2-45H,1H3. The normalized spacial score (nSPS) is 15.0. The molecule has 0 bridgehead atoms. The Morgan fingerprint density at radius 2 is 0.794 bits per heavy atom. The van der Waals surface area contributed by atoms with E-state index in [1.54, 1.807) is 0 Å². The molecule has 320 valence electrons. The van der Waals surface area contributed by atoms with Crippen LogP contribution in [0.1, 0.15) is 45.9 Å². The number of benzene rings is 11. The van der Waals surface area contributed by atoms with Crippen LogP contribution in [0.5, 0.6) is 0 Å². The Morgan fingerprint density at radius 3 is 1.50 bits per heavy atom. The van der Waals surface area contributed by atoms with Crippen LogP contribution in [0.3, 0.4) is 0 Å². The first-order valence-electron chi connectivity index (χ1n) is 23.8. The lowest BCUT2D eigenvalue weighted by Crippen LogP contribution is -2.28. The van der Waals surface area contributed by atoms with E-state index >= 15 is 0 Å². The van der Waals surface area contributed by atoms with Crippen molar-refractivity contribution in [2.45, 2.75) is 17.8 Å². The van der Waals surface area contributed by atoms with Crippen molar-refractivity contribution < 1.29 is 0 Å². The molecule has 0 spiro atoms. The van der Waals surface area contributed by atoms with Crippen molar-refractivity contribution in [2.75, 3.05) is 4.90 Å². The van der Waals surface area contributed by atoms with Gasteiger partial charge in [0, 0.05) is 22.4 Å². The maximum absolute atomic E-state index is 2.52. The molecule has 1 atom stereocenters. The van der Waals surface area contributed by atoms with Crippen LogP contribution in [0.2, 0.25) is 0 Å². The van der Waals surface area contributed by atoms with Gasteiger partial charge in [-0.25, -0.2) is 0 Å². The minimum absolute atomic E-state index is 0.341. The highest BCUT2D eigenvalue weighted by Crippen LogP contribution is 2.59. The molecule has 2 aliphatic rings. The zero-order valence-corrected chi connectivity index (χ0v) is 37.9. The summed E-state index contributed by atoms with van der Waals surface area (Å²) < 4.78 is 0. The summed E-state index contributed by atoms with van der Waals surface area (Å²) in [5, 5.41) is 2.52. The molecule has 0 radical (unpaired) electrons. The lowest BCUT2D eigenvalue weighted by Gasteiger charge is -2.35. The van der Waals surface area contributed by atoms with Crippen molar-refractivity contribution in [3.63, 3.8) is 0 Å². The fraction of sp³-hybridized carbons (Fsp3) is 0.0448. The molecule has 11 aromatic rings. The van der Waals surface area contributed by atoms with Crippen molar-refractivity contribution in [1.82, 2.24) is 0 Å². The van der Waals surface area contributed by atoms with Crippen molar-refractivity contribution in [1.29, 1.82) is 0 Å². The summed E-state index contributed by atoms with van der Waals surface area (Å²) in [5.41, 5.74) is 21.4. The molecule has 0 N–H and O–H groups in total. The molecule has 1 unspecified atom stereocenters. The molecule has 1 heteroatoms. The summed E-state index contributed by atoms with van der Waals surface area (Å²) >= 11 is 0. The minimum atomic E-state index is -0.532. The van der Waals surface area contributed by atoms with E-state index in [9.17, 15) is 0 Å². The molecular weight excluding hydrogens is 819 g/mol. The lowest BCUT2D eigenvalue weighted by atomic mass is 9.67. The SMILES string of the molecule is CC1(c2ccccc2)c2ccccc2-c2c(N(c3ccc(-c4ccc(-c5cccc6ccccc56)cc4)cc3)c3ccc4c(c3)C(c3ccccc3)(c3ccccc3)c3ccccc3-4)cccc21. The maximum Gasteiger partial charge on any atom is 0.0714 e. The van der Waals surface area contributed by atoms with Gasteiger partial charge in [-0.1, -0.05) is 237 Å². The monoisotopic (exact) mass is 865 g/mol. The van der Waals surface area contributed by atoms with Gasteiger partial charge in [-0.05, 0) is 126 Å². The van der Waals surface area contributed by atoms with Crippen LogP contribution in [0.25, 0.3) is 55.3 Å². The van der Waals surface area contributed by atoms with Gasteiger partial charge in [-0.2, -0.15) is 0 Å². The largest absolute Gasteiger partial charge is 0.310 e. The average molecular weight is 866 g/mol. The van der Waals surface area contributed by atoms with E-state index in [0.717, 1.165) is 17.1 Å². The zero-order valence-electron chi connectivity index (χ0n) is 37.9. The van der Waals surface area contributed by atoms with Crippen LogP contribution in [-0.2, 0) is 10.8 Å². The third-order valence-corrected chi connectivity index (χ3v) is 15.1. The predicted molar refractivity (Wildman–Crippen MR) is 284 cm³/mol. The Kier molecular flexibility index (Phi) is 9.27. The zero-order chi connectivity index (χ0) is 45.2. The summed E-state index contributed by atoms with van der Waals surface area (Å²) in [5.74, 6) is 0. The highest BCUT2D eigenvalue weighted by atomic mass is 15.1. The van der Waals surface area contributed by atoms with E-state index in [4.69, 9.17) is 0 Å². The summed E-state index contributed by atoms with van der Waals surface area (Å²) in [6.45, 7) is 2.40. The summed E-state index contributed by atoms with van der Waals surface area (Å²) in [6, 6.07) is 99.0. The van der Waals surface area contributed by atoms with Crippen molar-refractivity contribution in [3.05, 3.63) is 306 Å². The molecule has 0 amide bonds. The van der Waals surface area contributed by atoms with Gasteiger partial charge < -0.3 is 4.90 Å². The molecule has 11 aromatic carbocycles. The minimum Gasteiger partial charge on any atom is -0.310 e. The van der Waals surface area contributed by atoms with Gasteiger partial charge in [0.05, 0.1) is 11.1 Å². The van der Waals surface area contributed by atoms with Crippen LogP contribution in [0.15, 0.2) is 267 Å². The third-order valence-electron chi connectivity index (χ3n) is 15.1. The van der Waals surface area contributed by atoms with E-state index in [0.29, 0.717) is 0 Å². The van der Waals surface area contributed by atoms with Crippen LogP contribution in [-0.4, -0.2) is 0 Å². The molecule has 0 fully saturated rings. The number of hydrogen-bond donors (Lipinski definition) is 0. The first kappa shape index (κ1) is 39.8. The average Bonchev–Trinajstić information content (AvgIpc) is 3.87. The summed E-state index contributed by atoms with van der Waals surface area (Å²) in [7, 11) is 0. The van der Waals surface area contributed by atoms with Gasteiger partial charge >= 0.3 is 0 Å². The third kappa shape index (κ3) is 5.95. The molecule has 0 saturated heterocycles. The number of hydrogen-bond acceptors (Lipinski definition) is 1. The number of nitrogens with zero attached hydrogens (tertiary/aromatic N) is 1. The van der Waals surface area contributed by atoms with Crippen molar-refractivity contribution in [3.8, 4) is 44.5 Å². The second-order valence-electron chi connectivity index (χ2n) is 18.5. The van der Waals surface area contributed by atoms with Gasteiger partial charge in [0.2, 0.25) is 0 Å². The Morgan fingerprint density at radius 1 is 0.309 bits per heavy atom. The molecule has 0 aliphatic heterocycles. The Labute approximate surface area is 398 Å². The molecule has 68 heavy (non-hydrogen) atoms. The van der Waals surface area contributed by atoms with E-state index in [2.05, 4.69) is 279 Å². The fourth-order valence-electron chi connectivity index (χ4n) is 11.9. The smallest absolute Gasteiger partial charge is 0.0714 e. The van der Waals surface area contributed by atoms with Crippen molar-refractivity contribution >= 4 is 27.8 Å². The van der Waals surface area contributed by atoms with Gasteiger partial charge in [-0.15, -0.1) is 0 Å². The number of fused-ring (bicyclic) bond motifs is 7. The summed E-state index contributed by atoms with van der Waals surface area (Å²) in [4.78, 5) is 2.52. The molecule has 2 aliphatic carbocycles. The molecule has 0 aromatic heterocycles. The van der Waals surface area contributed by atoms with E-state index in [1.165, 1.54) is 94.2 Å². The first-order chi connectivity index (χ1) is 33.6. The van der Waals surface area contributed by atoms with Gasteiger partial charge in [0.25, 0.3) is 0 Å². The first-order valence-corrected chi connectivity index (χ1v) is 23.8. The highest BCUT2D eigenvalue weighted by Gasteiger charge is 2.47. The predicted octanol–water partition coefficient (Wildman–Crippen LogP) is 17.3. The molecule has 0 saturated carbocycles. The molecule has 0 heterocycles. The molecular formula is C67H47N. The molecule has 1 nitrogen and oxygen atoms in total. The van der Waals surface area contributed by atoms with Crippen LogP contribution >= 0.6 is 0 Å². The second-order valence-corrected chi connectivity index (χ2v) is 18.5. The maximum atomic E-state index is 2.52. The van der Waals surface area contributed by atoms with Gasteiger partial charge in [0.1, 0.15) is 0 Å². The van der Waals surface area contributed by atoms with Crippen LogP contribution < -0.4 is 4.90 Å². The highest BCUT2D eigenvalue weighted by molar-refractivity contribution is 5.99. The quantitative estimate of drug-likeness (QED) is 0.147. The molecule has 13 rings (SSSR count). The van der Waals surface area contributed by atoms with Crippen LogP contribution in [0.4, 0.5) is 17.1 Å². The lowest BCUT2D eigenvalue weighted by molar-refractivity contribution is 0.714.